The molecule has 8 nitrogen and oxygen atoms in total. The van der Waals surface area contributed by atoms with Gasteiger partial charge in [0.05, 0.1) is 19.6 Å². The Bertz CT molecular complexity index is 1200. The Hall–Kier alpha value is -1.79. The van der Waals surface area contributed by atoms with Gasteiger partial charge >= 0.3 is 0 Å². The average molecular weight is 459 g/mol. The third kappa shape index (κ3) is 3.97. The standard InChI is InChI=1S/C18H22N2O6S3/c1-11(2)19-28(23,24)13-5-7-15-16-8-6-14(29(25,26)20-12(3)4)10-18(16)27(21,22)17(15)9-13/h5-12,19-20H,1-4H3. The van der Waals surface area contributed by atoms with Crippen LogP contribution in [-0.4, -0.2) is 37.3 Å². The second kappa shape index (κ2) is 7.17. The van der Waals surface area contributed by atoms with Crippen molar-refractivity contribution in [2.24, 2.45) is 0 Å². The first-order chi connectivity index (χ1) is 13.3. The van der Waals surface area contributed by atoms with Gasteiger partial charge in [-0.15, -0.1) is 0 Å². The molecule has 1 aliphatic rings. The molecule has 0 radical (unpaired) electrons. The second-order valence-electron chi connectivity index (χ2n) is 7.37. The van der Waals surface area contributed by atoms with Crippen molar-refractivity contribution in [1.29, 1.82) is 0 Å². The van der Waals surface area contributed by atoms with E-state index in [1.165, 1.54) is 24.3 Å². The van der Waals surface area contributed by atoms with E-state index in [1.807, 2.05) is 0 Å². The Balaban J connectivity index is 2.15. The summed E-state index contributed by atoms with van der Waals surface area (Å²) in [6, 6.07) is 7.01. The lowest BCUT2D eigenvalue weighted by molar-refractivity contribution is 0.567. The molecule has 0 unspecified atom stereocenters. The van der Waals surface area contributed by atoms with E-state index < -0.39 is 29.9 Å². The van der Waals surface area contributed by atoms with Crippen molar-refractivity contribution in [3.05, 3.63) is 36.4 Å². The molecule has 3 rings (SSSR count). The summed E-state index contributed by atoms with van der Waals surface area (Å²) < 4.78 is 80.6. The monoisotopic (exact) mass is 458 g/mol. The zero-order valence-corrected chi connectivity index (χ0v) is 18.7. The molecule has 0 saturated carbocycles. The number of sulfonamides is 2. The Morgan fingerprint density at radius 1 is 0.690 bits per heavy atom. The molecule has 11 heteroatoms. The van der Waals surface area contributed by atoms with E-state index in [-0.39, 0.29) is 31.7 Å². The smallest absolute Gasteiger partial charge is 0.218 e. The maximum absolute atomic E-state index is 13.0. The van der Waals surface area contributed by atoms with Gasteiger partial charge in [-0.2, -0.15) is 0 Å². The van der Waals surface area contributed by atoms with E-state index in [9.17, 15) is 25.3 Å². The minimum absolute atomic E-state index is 0.162. The molecule has 158 valence electrons. The summed E-state index contributed by atoms with van der Waals surface area (Å²) in [7, 11) is -11.8. The molecule has 1 heterocycles. The molecule has 1 aliphatic heterocycles. The van der Waals surface area contributed by atoms with Crippen molar-refractivity contribution < 1.29 is 25.3 Å². The molecule has 2 aromatic carbocycles. The van der Waals surface area contributed by atoms with E-state index in [0.29, 0.717) is 11.1 Å². The highest BCUT2D eigenvalue weighted by atomic mass is 32.2. The third-order valence-electron chi connectivity index (χ3n) is 4.18. The van der Waals surface area contributed by atoms with E-state index in [1.54, 1.807) is 27.7 Å². The van der Waals surface area contributed by atoms with Crippen molar-refractivity contribution in [3.8, 4) is 11.1 Å². The predicted molar refractivity (Wildman–Crippen MR) is 108 cm³/mol. The first kappa shape index (κ1) is 21.9. The summed E-state index contributed by atoms with van der Waals surface area (Å²) in [4.78, 5) is -0.665. The zero-order chi connectivity index (χ0) is 21.8. The number of nitrogens with one attached hydrogen (secondary N) is 2. The molecule has 2 aromatic rings. The second-order valence-corrected chi connectivity index (χ2v) is 12.7. The van der Waals surface area contributed by atoms with Crippen molar-refractivity contribution in [2.45, 2.75) is 59.4 Å². The SMILES string of the molecule is CC(C)NS(=O)(=O)c1ccc2c(c1)S(=O)(=O)c1cc(S(=O)(=O)NC(C)C)ccc1-2. The van der Waals surface area contributed by atoms with Gasteiger partial charge in [-0.3, -0.25) is 0 Å². The van der Waals surface area contributed by atoms with Gasteiger partial charge in [-0.05, 0) is 52.0 Å². The van der Waals surface area contributed by atoms with Crippen LogP contribution in [0, 0.1) is 0 Å². The van der Waals surface area contributed by atoms with Gasteiger partial charge in [-0.1, -0.05) is 12.1 Å². The van der Waals surface area contributed by atoms with Crippen LogP contribution in [0.25, 0.3) is 11.1 Å². The highest BCUT2D eigenvalue weighted by Crippen LogP contribution is 2.44. The van der Waals surface area contributed by atoms with Crippen LogP contribution in [0.3, 0.4) is 0 Å². The summed E-state index contributed by atoms with van der Waals surface area (Å²) in [5.41, 5.74) is 0.675. The average Bonchev–Trinajstić information content (AvgIpc) is 2.80. The fraction of sp³-hybridized carbons (Fsp3) is 0.333. The molecular weight excluding hydrogens is 436 g/mol. The number of benzene rings is 2. The fourth-order valence-electron chi connectivity index (χ4n) is 3.10. The van der Waals surface area contributed by atoms with Crippen LogP contribution in [0.2, 0.25) is 0 Å². The molecule has 0 bridgehead atoms. The largest absolute Gasteiger partial charge is 0.240 e. The number of fused-ring (bicyclic) bond motifs is 3. The lowest BCUT2D eigenvalue weighted by Crippen LogP contribution is -2.30. The van der Waals surface area contributed by atoms with E-state index >= 15 is 0 Å². The van der Waals surface area contributed by atoms with E-state index in [4.69, 9.17) is 0 Å². The third-order valence-corrected chi connectivity index (χ3v) is 9.32. The quantitative estimate of drug-likeness (QED) is 0.581. The van der Waals surface area contributed by atoms with Crippen LogP contribution < -0.4 is 9.44 Å². The van der Waals surface area contributed by atoms with E-state index in [2.05, 4.69) is 9.44 Å². The van der Waals surface area contributed by atoms with Gasteiger partial charge in [0.25, 0.3) is 0 Å². The number of hydrogen-bond acceptors (Lipinski definition) is 6. The minimum atomic E-state index is -4.07. The Morgan fingerprint density at radius 2 is 1.03 bits per heavy atom. The van der Waals surface area contributed by atoms with Crippen LogP contribution in [0.4, 0.5) is 0 Å². The molecule has 29 heavy (non-hydrogen) atoms. The van der Waals surface area contributed by atoms with Gasteiger partial charge in [-0.25, -0.2) is 34.7 Å². The minimum Gasteiger partial charge on any atom is -0.218 e. The molecule has 0 aromatic heterocycles. The van der Waals surface area contributed by atoms with Gasteiger partial charge < -0.3 is 0 Å². The molecule has 0 fully saturated rings. The molecule has 0 spiro atoms. The van der Waals surface area contributed by atoms with Crippen molar-refractivity contribution in [1.82, 2.24) is 9.44 Å². The molecule has 2 N–H and O–H groups in total. The molecule has 0 aliphatic carbocycles. The summed E-state index contributed by atoms with van der Waals surface area (Å²) in [6.45, 7) is 6.63. The molecular formula is C18H22N2O6S3. The summed E-state index contributed by atoms with van der Waals surface area (Å²) in [5.74, 6) is 0. The van der Waals surface area contributed by atoms with Gasteiger partial charge in [0, 0.05) is 23.2 Å². The Labute approximate surface area is 171 Å². The number of hydrogen-bond donors (Lipinski definition) is 2. The van der Waals surface area contributed by atoms with Crippen molar-refractivity contribution in [2.75, 3.05) is 0 Å². The van der Waals surface area contributed by atoms with Gasteiger partial charge in [0.1, 0.15) is 0 Å². The highest BCUT2D eigenvalue weighted by Gasteiger charge is 2.35. The van der Waals surface area contributed by atoms with Crippen LogP contribution in [0.15, 0.2) is 56.0 Å². The normalized spacial score (nSPS) is 15.5. The molecule has 0 saturated heterocycles. The summed E-state index contributed by atoms with van der Waals surface area (Å²) >= 11 is 0. The molecule has 0 atom stereocenters. The van der Waals surface area contributed by atoms with Crippen molar-refractivity contribution in [3.63, 3.8) is 0 Å². The lowest BCUT2D eigenvalue weighted by atomic mass is 10.1. The van der Waals surface area contributed by atoms with Crippen LogP contribution >= 0.6 is 0 Å². The maximum Gasteiger partial charge on any atom is 0.240 e. The summed E-state index contributed by atoms with van der Waals surface area (Å²) in [5, 5.41) is 0. The van der Waals surface area contributed by atoms with Crippen LogP contribution in [0.5, 0.6) is 0 Å². The van der Waals surface area contributed by atoms with Crippen molar-refractivity contribution >= 4 is 29.9 Å². The zero-order valence-electron chi connectivity index (χ0n) is 16.3. The van der Waals surface area contributed by atoms with Crippen LogP contribution in [-0.2, 0) is 29.9 Å². The van der Waals surface area contributed by atoms with Gasteiger partial charge in [0.2, 0.25) is 29.9 Å². The number of rotatable bonds is 6. The lowest BCUT2D eigenvalue weighted by Gasteiger charge is -2.10. The molecule has 0 amide bonds. The highest BCUT2D eigenvalue weighted by molar-refractivity contribution is 7.92. The Kier molecular flexibility index (Phi) is 5.41. The van der Waals surface area contributed by atoms with Gasteiger partial charge in [0.15, 0.2) is 0 Å². The summed E-state index contributed by atoms with van der Waals surface area (Å²) in [6.07, 6.45) is 0. The van der Waals surface area contributed by atoms with Crippen LogP contribution in [0.1, 0.15) is 27.7 Å². The number of sulfone groups is 1. The first-order valence-corrected chi connectivity index (χ1v) is 13.3. The fourth-order valence-corrected chi connectivity index (χ4v) is 7.54. The predicted octanol–water partition coefficient (Wildman–Crippen LogP) is 1.87. The van der Waals surface area contributed by atoms with E-state index in [0.717, 1.165) is 12.1 Å². The maximum atomic E-state index is 13.0. The topological polar surface area (TPSA) is 126 Å². The Morgan fingerprint density at radius 3 is 1.34 bits per heavy atom. The first-order valence-electron chi connectivity index (χ1n) is 8.84.